The largest absolute Gasteiger partial charge is 0.470 e. The molecule has 15 heavy (non-hydrogen) atoms. The minimum Gasteiger partial charge on any atom is -0.470 e. The molecule has 1 N–H and O–H groups in total. The van der Waals surface area contributed by atoms with Gasteiger partial charge in [0.15, 0.2) is 12.5 Å². The van der Waals surface area contributed by atoms with Gasteiger partial charge in [0.1, 0.15) is 0 Å². The molecule has 1 heterocycles. The summed E-state index contributed by atoms with van der Waals surface area (Å²) < 4.78 is 5.00. The average molecular weight is 210 g/mol. The number of non-ortho nitro benzene ring substituents is 1. The predicted molar refractivity (Wildman–Crippen MR) is 49.1 cm³/mol. The van der Waals surface area contributed by atoms with Crippen molar-refractivity contribution in [2.45, 2.75) is 0 Å². The van der Waals surface area contributed by atoms with Crippen molar-refractivity contribution in [1.82, 2.24) is 0 Å². The van der Waals surface area contributed by atoms with Gasteiger partial charge in [-0.3, -0.25) is 10.1 Å². The molecule has 1 aromatic carbocycles. The molecule has 0 aromatic heterocycles. The summed E-state index contributed by atoms with van der Waals surface area (Å²) >= 11 is 0. The summed E-state index contributed by atoms with van der Waals surface area (Å²) in [6.07, 6.45) is -1.15. The molecule has 7 heteroatoms. The Labute approximate surface area is 83.6 Å². The summed E-state index contributed by atoms with van der Waals surface area (Å²) in [6.45, 7) is -0.133. The molecule has 0 saturated heterocycles. The molecule has 0 unspecified atom stereocenters. The van der Waals surface area contributed by atoms with E-state index in [0.29, 0.717) is 5.69 Å². The summed E-state index contributed by atoms with van der Waals surface area (Å²) in [7, 11) is 0. The van der Waals surface area contributed by atoms with Crippen LogP contribution in [0.2, 0.25) is 0 Å². The van der Waals surface area contributed by atoms with Crippen molar-refractivity contribution >= 4 is 17.5 Å². The molecule has 0 fully saturated rings. The van der Waals surface area contributed by atoms with Gasteiger partial charge in [0.2, 0.25) is 0 Å². The van der Waals surface area contributed by atoms with E-state index in [2.05, 4.69) is 0 Å². The van der Waals surface area contributed by atoms with Crippen molar-refractivity contribution in [2.24, 2.45) is 0 Å². The SMILES string of the molecule is O=C(O)N1COc2cc([N+](=O)[O-])ccc21. The van der Waals surface area contributed by atoms with Gasteiger partial charge < -0.3 is 9.84 Å². The van der Waals surface area contributed by atoms with Crippen LogP contribution in [0.5, 0.6) is 5.75 Å². The van der Waals surface area contributed by atoms with E-state index in [1.54, 1.807) is 0 Å². The molecule has 0 radical (unpaired) electrons. The second-order valence-electron chi connectivity index (χ2n) is 2.89. The summed E-state index contributed by atoms with van der Waals surface area (Å²) in [5.41, 5.74) is 0.203. The Balaban J connectivity index is 2.42. The van der Waals surface area contributed by atoms with Crippen LogP contribution in [0.4, 0.5) is 16.2 Å². The molecule has 1 amide bonds. The standard InChI is InChI=1S/C8H6N2O5/c11-8(12)9-4-15-7-3-5(10(13)14)1-2-6(7)9/h1-3H,4H2,(H,11,12). The third-order valence-corrected chi connectivity index (χ3v) is 2.03. The van der Waals surface area contributed by atoms with Crippen LogP contribution in [0.15, 0.2) is 18.2 Å². The summed E-state index contributed by atoms with van der Waals surface area (Å²) in [5, 5.41) is 19.2. The fourth-order valence-electron chi connectivity index (χ4n) is 1.32. The third kappa shape index (κ3) is 1.43. The minimum absolute atomic E-state index is 0.124. The lowest BCUT2D eigenvalue weighted by atomic mass is 10.2. The first kappa shape index (κ1) is 9.25. The molecule has 2 rings (SSSR count). The molecule has 0 saturated carbocycles. The number of amides is 1. The van der Waals surface area contributed by atoms with Crippen LogP contribution in [0.3, 0.4) is 0 Å². The van der Waals surface area contributed by atoms with Crippen LogP contribution in [0.25, 0.3) is 0 Å². The van der Waals surface area contributed by atoms with Crippen molar-refractivity contribution in [3.05, 3.63) is 28.3 Å². The van der Waals surface area contributed by atoms with Crippen molar-refractivity contribution in [2.75, 3.05) is 11.6 Å². The van der Waals surface area contributed by atoms with Crippen LogP contribution in [0, 0.1) is 10.1 Å². The van der Waals surface area contributed by atoms with Crippen molar-refractivity contribution in [3.8, 4) is 5.75 Å². The van der Waals surface area contributed by atoms with Gasteiger partial charge >= 0.3 is 6.09 Å². The summed E-state index contributed by atoms with van der Waals surface area (Å²) in [6, 6.07) is 3.80. The highest BCUT2D eigenvalue weighted by atomic mass is 16.6. The average Bonchev–Trinajstić information content (AvgIpc) is 2.59. The van der Waals surface area contributed by atoms with E-state index >= 15 is 0 Å². The van der Waals surface area contributed by atoms with E-state index in [0.717, 1.165) is 4.90 Å². The van der Waals surface area contributed by atoms with E-state index in [4.69, 9.17) is 9.84 Å². The lowest BCUT2D eigenvalue weighted by Crippen LogP contribution is -2.27. The molecule has 1 aliphatic rings. The Morgan fingerprint density at radius 1 is 1.60 bits per heavy atom. The van der Waals surface area contributed by atoms with Gasteiger partial charge in [-0.2, -0.15) is 0 Å². The van der Waals surface area contributed by atoms with Crippen molar-refractivity contribution in [1.29, 1.82) is 0 Å². The van der Waals surface area contributed by atoms with E-state index in [9.17, 15) is 14.9 Å². The first-order valence-electron chi connectivity index (χ1n) is 4.01. The first-order valence-corrected chi connectivity index (χ1v) is 4.01. The van der Waals surface area contributed by atoms with Crippen LogP contribution in [0.1, 0.15) is 0 Å². The zero-order valence-electron chi connectivity index (χ0n) is 7.41. The molecule has 0 atom stereocenters. The molecule has 1 aromatic rings. The van der Waals surface area contributed by atoms with Gasteiger partial charge in [-0.25, -0.2) is 9.69 Å². The molecular weight excluding hydrogens is 204 g/mol. The monoisotopic (exact) mass is 210 g/mol. The second kappa shape index (κ2) is 3.12. The molecule has 0 spiro atoms. The van der Waals surface area contributed by atoms with Gasteiger partial charge in [-0.15, -0.1) is 0 Å². The van der Waals surface area contributed by atoms with E-state index < -0.39 is 11.0 Å². The van der Waals surface area contributed by atoms with Crippen LogP contribution in [-0.4, -0.2) is 22.9 Å². The number of carbonyl (C=O) groups is 1. The summed E-state index contributed by atoms with van der Waals surface area (Å²) in [4.78, 5) is 21.5. The highest BCUT2D eigenvalue weighted by Gasteiger charge is 2.27. The summed E-state index contributed by atoms with van der Waals surface area (Å²) in [5.74, 6) is 0.214. The Kier molecular flexibility index (Phi) is 1.93. The highest BCUT2D eigenvalue weighted by molar-refractivity contribution is 5.89. The Morgan fingerprint density at radius 3 is 2.93 bits per heavy atom. The number of nitrogens with zero attached hydrogens (tertiary/aromatic N) is 2. The Morgan fingerprint density at radius 2 is 2.33 bits per heavy atom. The maximum absolute atomic E-state index is 10.7. The minimum atomic E-state index is -1.15. The molecule has 0 aliphatic carbocycles. The number of nitro groups is 1. The number of ether oxygens (including phenoxy) is 1. The van der Waals surface area contributed by atoms with Crippen LogP contribution >= 0.6 is 0 Å². The molecular formula is C8H6N2O5. The zero-order chi connectivity index (χ0) is 11.0. The fraction of sp³-hybridized carbons (Fsp3) is 0.125. The molecule has 0 bridgehead atoms. The number of fused-ring (bicyclic) bond motifs is 1. The normalized spacial score (nSPS) is 13.2. The van der Waals surface area contributed by atoms with Crippen molar-refractivity contribution in [3.63, 3.8) is 0 Å². The molecule has 1 aliphatic heterocycles. The number of hydrogen-bond donors (Lipinski definition) is 1. The zero-order valence-corrected chi connectivity index (χ0v) is 7.41. The first-order chi connectivity index (χ1) is 7.09. The maximum atomic E-state index is 10.7. The number of rotatable bonds is 1. The number of carboxylic acid groups (broad SMARTS) is 1. The number of hydrogen-bond acceptors (Lipinski definition) is 4. The Hall–Kier alpha value is -2.31. The van der Waals surface area contributed by atoms with E-state index in [-0.39, 0.29) is 18.2 Å². The number of anilines is 1. The molecule has 7 nitrogen and oxygen atoms in total. The van der Waals surface area contributed by atoms with Gasteiger partial charge in [-0.05, 0) is 6.07 Å². The lowest BCUT2D eigenvalue weighted by molar-refractivity contribution is -0.384. The quantitative estimate of drug-likeness (QED) is 0.559. The van der Waals surface area contributed by atoms with Gasteiger partial charge in [-0.1, -0.05) is 0 Å². The van der Waals surface area contributed by atoms with E-state index in [1.165, 1.54) is 18.2 Å². The van der Waals surface area contributed by atoms with Crippen LogP contribution in [-0.2, 0) is 0 Å². The fourth-order valence-corrected chi connectivity index (χ4v) is 1.32. The number of nitro benzene ring substituents is 1. The number of benzene rings is 1. The smallest absolute Gasteiger partial charge is 0.414 e. The van der Waals surface area contributed by atoms with Crippen LogP contribution < -0.4 is 9.64 Å². The molecule has 78 valence electrons. The Bertz CT molecular complexity index is 445. The van der Waals surface area contributed by atoms with Crippen molar-refractivity contribution < 1.29 is 19.6 Å². The maximum Gasteiger partial charge on any atom is 0.414 e. The van der Waals surface area contributed by atoms with Gasteiger partial charge in [0.25, 0.3) is 5.69 Å². The predicted octanol–water partition coefficient (Wildman–Crippen LogP) is 1.43. The second-order valence-corrected chi connectivity index (χ2v) is 2.89. The van der Waals surface area contributed by atoms with Gasteiger partial charge in [0.05, 0.1) is 16.7 Å². The lowest BCUT2D eigenvalue weighted by Gasteiger charge is -2.07. The van der Waals surface area contributed by atoms with E-state index in [1.807, 2.05) is 0 Å². The highest BCUT2D eigenvalue weighted by Crippen LogP contribution is 2.36. The third-order valence-electron chi connectivity index (χ3n) is 2.03. The van der Waals surface area contributed by atoms with Gasteiger partial charge in [0, 0.05) is 6.07 Å². The topological polar surface area (TPSA) is 92.9 Å².